The van der Waals surface area contributed by atoms with Crippen LogP contribution in [0.1, 0.15) is 95.2 Å². The Morgan fingerprint density at radius 1 is 0.242 bits per heavy atom. The van der Waals surface area contributed by atoms with Gasteiger partial charge in [0.2, 0.25) is 0 Å². The van der Waals surface area contributed by atoms with Gasteiger partial charge in [-0.2, -0.15) is 0 Å². The van der Waals surface area contributed by atoms with Crippen LogP contribution in [0.5, 0.6) is 0 Å². The maximum Gasteiger partial charge on any atom is 0.0340 e. The zero-order chi connectivity index (χ0) is 42.0. The monoisotopic (exact) mass is 794 g/mol. The molecule has 0 spiro atoms. The zero-order valence-corrected chi connectivity index (χ0v) is 35.9. The Hall–Kier alpha value is -7.02. The Morgan fingerprint density at radius 2 is 0.516 bits per heavy atom. The summed E-state index contributed by atoms with van der Waals surface area (Å²) in [4.78, 5) is 0. The molecule has 0 fully saturated rings. The van der Waals surface area contributed by atoms with E-state index in [4.69, 9.17) is 0 Å². The first-order valence-electron chi connectivity index (χ1n) is 22.1. The molecule has 62 heavy (non-hydrogen) atoms. The molecule has 0 aliphatic heterocycles. The third kappa shape index (κ3) is 6.28. The molecule has 0 N–H and O–H groups in total. The van der Waals surface area contributed by atoms with Crippen molar-refractivity contribution in [3.05, 3.63) is 274 Å². The first kappa shape index (κ1) is 37.9. The number of fused-ring (bicyclic) bond motifs is 6. The highest BCUT2D eigenvalue weighted by Crippen LogP contribution is 2.52. The Kier molecular flexibility index (Phi) is 9.09. The van der Waals surface area contributed by atoms with E-state index in [2.05, 4.69) is 246 Å². The van der Waals surface area contributed by atoms with Crippen LogP contribution in [0.4, 0.5) is 0 Å². The van der Waals surface area contributed by atoms with Gasteiger partial charge in [-0.1, -0.05) is 246 Å². The van der Waals surface area contributed by atoms with E-state index in [0.29, 0.717) is 0 Å². The van der Waals surface area contributed by atoms with Crippen molar-refractivity contribution in [2.24, 2.45) is 0 Å². The average molecular weight is 795 g/mol. The van der Waals surface area contributed by atoms with Crippen LogP contribution in [0.15, 0.2) is 218 Å². The molecule has 0 saturated heterocycles. The molecule has 0 heterocycles. The van der Waals surface area contributed by atoms with Crippen LogP contribution in [-0.4, -0.2) is 0 Å². The average Bonchev–Trinajstić information content (AvgIpc) is 3.69. The molecule has 0 heteroatoms. The molecule has 9 aromatic carbocycles. The van der Waals surface area contributed by atoms with Crippen molar-refractivity contribution in [1.29, 1.82) is 0 Å². The Morgan fingerprint density at radius 3 is 0.887 bits per heavy atom. The zero-order valence-electron chi connectivity index (χ0n) is 35.9. The van der Waals surface area contributed by atoms with Gasteiger partial charge in [0.15, 0.2) is 0 Å². The molecule has 9 aromatic rings. The fraction of sp³-hybridized carbons (Fsp3) is 0.129. The lowest BCUT2D eigenvalue weighted by Crippen LogP contribution is -2.16. The predicted molar refractivity (Wildman–Crippen MR) is 260 cm³/mol. The molecule has 298 valence electrons. The minimum atomic E-state index is -0.0808. The molecular weight excluding hydrogens is 745 g/mol. The van der Waals surface area contributed by atoms with Gasteiger partial charge in [0.05, 0.1) is 0 Å². The molecule has 0 saturated carbocycles. The quantitative estimate of drug-likeness (QED) is 0.134. The van der Waals surface area contributed by atoms with E-state index in [9.17, 15) is 0 Å². The van der Waals surface area contributed by atoms with Crippen molar-refractivity contribution in [2.75, 3.05) is 0 Å². The third-order valence-corrected chi connectivity index (χ3v) is 14.2. The maximum absolute atomic E-state index is 2.50. The summed E-state index contributed by atoms with van der Waals surface area (Å²) in [5.41, 5.74) is 23.6. The molecular formula is C62H50. The minimum absolute atomic E-state index is 0.0570. The normalized spacial score (nSPS) is 14.9. The van der Waals surface area contributed by atoms with Gasteiger partial charge in [0.1, 0.15) is 0 Å². The smallest absolute Gasteiger partial charge is 0.0340 e. The molecule has 2 aliphatic rings. The molecule has 0 aromatic heterocycles. The van der Waals surface area contributed by atoms with Crippen molar-refractivity contribution < 1.29 is 0 Å². The van der Waals surface area contributed by atoms with E-state index in [1.165, 1.54) is 100 Å². The van der Waals surface area contributed by atoms with Gasteiger partial charge >= 0.3 is 0 Å². The second kappa shape index (κ2) is 14.9. The molecule has 0 amide bonds. The lowest BCUT2D eigenvalue weighted by atomic mass is 9.77. The molecule has 0 nitrogen and oxygen atoms in total. The Balaban J connectivity index is 1.03. The van der Waals surface area contributed by atoms with Gasteiger partial charge in [-0.15, -0.1) is 0 Å². The van der Waals surface area contributed by atoms with Crippen LogP contribution in [-0.2, 0) is 10.8 Å². The largest absolute Gasteiger partial charge is 0.0622 e. The van der Waals surface area contributed by atoms with E-state index in [1.807, 2.05) is 0 Å². The number of rotatable bonds is 8. The summed E-state index contributed by atoms with van der Waals surface area (Å²) >= 11 is 0. The van der Waals surface area contributed by atoms with E-state index in [0.717, 1.165) is 0 Å². The van der Waals surface area contributed by atoms with Crippen LogP contribution in [0, 0.1) is 0 Å². The van der Waals surface area contributed by atoms with Gasteiger partial charge in [0.25, 0.3) is 0 Å². The number of hydrogen-bond acceptors (Lipinski definition) is 0. The highest BCUT2D eigenvalue weighted by molar-refractivity contribution is 5.82. The lowest BCUT2D eigenvalue weighted by molar-refractivity contribution is 0.658. The molecule has 0 radical (unpaired) electrons. The summed E-state index contributed by atoms with van der Waals surface area (Å²) in [6.45, 7) is 9.52. The topological polar surface area (TPSA) is 0 Å². The highest BCUT2D eigenvalue weighted by Gasteiger charge is 2.37. The summed E-state index contributed by atoms with van der Waals surface area (Å²) < 4.78 is 0. The van der Waals surface area contributed by atoms with E-state index < -0.39 is 0 Å². The SMILES string of the molecule is CC1(C)c2ccccc2-c2ccc(C(c3ccc(-c4ccccc4)cc3)c3ccc(C(c4ccc(-c5ccccc5)cc4)c4ccc5c(c4)C(C)(C)c4ccccc4-5)cc3)cc21. The standard InChI is InChI=1S/C62H50/c1-61(2)55-21-13-11-19-51(55)53-37-35-49(39-57(53)61)59(45-27-23-43(24-28-45)41-15-7-5-8-16-41)47-31-33-48(34-32-47)60(46-29-25-44(26-30-46)42-17-9-6-10-18-42)50-36-38-54-52-20-12-14-22-56(52)62(3,4)58(54)40-50/h5-40,59-60H,1-4H3. The number of hydrogen-bond donors (Lipinski definition) is 0. The summed E-state index contributed by atoms with van der Waals surface area (Å²) in [6, 6.07) is 81.9. The van der Waals surface area contributed by atoms with Gasteiger partial charge in [0, 0.05) is 22.7 Å². The van der Waals surface area contributed by atoms with Crippen molar-refractivity contribution >= 4 is 0 Å². The van der Waals surface area contributed by atoms with Gasteiger partial charge < -0.3 is 0 Å². The van der Waals surface area contributed by atoms with Crippen LogP contribution >= 0.6 is 0 Å². The van der Waals surface area contributed by atoms with Gasteiger partial charge in [-0.05, 0) is 100 Å². The molecule has 2 unspecified atom stereocenters. The minimum Gasteiger partial charge on any atom is -0.0622 e. The summed E-state index contributed by atoms with van der Waals surface area (Å²) in [5, 5.41) is 0. The molecule has 2 atom stereocenters. The first-order valence-corrected chi connectivity index (χ1v) is 22.1. The third-order valence-electron chi connectivity index (χ3n) is 14.2. The molecule has 2 aliphatic carbocycles. The van der Waals surface area contributed by atoms with Crippen LogP contribution < -0.4 is 0 Å². The molecule has 0 bridgehead atoms. The van der Waals surface area contributed by atoms with E-state index in [-0.39, 0.29) is 22.7 Å². The Labute approximate surface area is 367 Å². The van der Waals surface area contributed by atoms with Crippen LogP contribution in [0.2, 0.25) is 0 Å². The second-order valence-electron chi connectivity index (χ2n) is 18.5. The maximum atomic E-state index is 2.50. The summed E-state index contributed by atoms with van der Waals surface area (Å²) in [6.07, 6.45) is 0. The van der Waals surface area contributed by atoms with Crippen molar-refractivity contribution in [3.8, 4) is 44.5 Å². The Bertz CT molecular complexity index is 2860. The summed E-state index contributed by atoms with van der Waals surface area (Å²) in [7, 11) is 0. The van der Waals surface area contributed by atoms with Crippen LogP contribution in [0.25, 0.3) is 44.5 Å². The second-order valence-corrected chi connectivity index (χ2v) is 18.5. The number of benzene rings is 9. The fourth-order valence-electron chi connectivity index (χ4n) is 10.8. The van der Waals surface area contributed by atoms with Crippen LogP contribution in [0.3, 0.4) is 0 Å². The van der Waals surface area contributed by atoms with Crippen molar-refractivity contribution in [3.63, 3.8) is 0 Å². The van der Waals surface area contributed by atoms with Gasteiger partial charge in [-0.25, -0.2) is 0 Å². The first-order chi connectivity index (χ1) is 30.3. The summed E-state index contributed by atoms with van der Waals surface area (Å²) in [5.74, 6) is 0.114. The van der Waals surface area contributed by atoms with Crippen molar-refractivity contribution in [2.45, 2.75) is 50.4 Å². The fourth-order valence-corrected chi connectivity index (χ4v) is 10.8. The lowest BCUT2D eigenvalue weighted by Gasteiger charge is -2.26. The van der Waals surface area contributed by atoms with Gasteiger partial charge in [-0.3, -0.25) is 0 Å². The van der Waals surface area contributed by atoms with E-state index >= 15 is 0 Å². The highest BCUT2D eigenvalue weighted by atomic mass is 14.4. The van der Waals surface area contributed by atoms with Crippen molar-refractivity contribution in [1.82, 2.24) is 0 Å². The predicted octanol–water partition coefficient (Wildman–Crippen LogP) is 16.0. The molecule has 11 rings (SSSR count). The van der Waals surface area contributed by atoms with E-state index in [1.54, 1.807) is 0 Å².